The van der Waals surface area contributed by atoms with E-state index in [0.717, 1.165) is 30.4 Å². The molecule has 0 radical (unpaired) electrons. The summed E-state index contributed by atoms with van der Waals surface area (Å²) >= 11 is 0. The molecule has 2 aliphatic rings. The number of hydrogen-bond donors (Lipinski definition) is 1. The standard InChI is InChI=1S/C17H19NO3/c18-10-17(8-9-21-11-17)14-6-4-13(5-7-14)15(16(19)20)12-2-1-3-12/h4-7,12,15H,1-3,8-9,11H2,(H,19,20). The first-order valence-electron chi connectivity index (χ1n) is 7.48. The van der Waals surface area contributed by atoms with Crippen LogP contribution in [0.1, 0.15) is 42.7 Å². The van der Waals surface area contributed by atoms with E-state index in [4.69, 9.17) is 4.74 Å². The van der Waals surface area contributed by atoms with Gasteiger partial charge < -0.3 is 9.84 Å². The Bertz CT molecular complexity index is 563. The van der Waals surface area contributed by atoms with Crippen LogP contribution < -0.4 is 0 Å². The van der Waals surface area contributed by atoms with Crippen LogP contribution in [-0.2, 0) is 14.9 Å². The molecule has 0 aromatic heterocycles. The molecule has 4 heteroatoms. The molecule has 1 aliphatic carbocycles. The molecule has 1 saturated heterocycles. The van der Waals surface area contributed by atoms with Crippen LogP contribution in [0.3, 0.4) is 0 Å². The summed E-state index contributed by atoms with van der Waals surface area (Å²) in [5, 5.41) is 18.9. The molecule has 1 heterocycles. The number of carboxylic acid groups (broad SMARTS) is 1. The van der Waals surface area contributed by atoms with Crippen molar-refractivity contribution in [2.75, 3.05) is 13.2 Å². The van der Waals surface area contributed by atoms with Gasteiger partial charge in [-0.25, -0.2) is 0 Å². The summed E-state index contributed by atoms with van der Waals surface area (Å²) in [6.07, 6.45) is 3.82. The Hall–Kier alpha value is -1.86. The Balaban J connectivity index is 1.86. The minimum Gasteiger partial charge on any atom is -0.481 e. The zero-order chi connectivity index (χ0) is 14.9. The normalized spacial score (nSPS) is 26.8. The van der Waals surface area contributed by atoms with Crippen molar-refractivity contribution in [3.8, 4) is 6.07 Å². The van der Waals surface area contributed by atoms with Crippen LogP contribution in [0.2, 0.25) is 0 Å². The summed E-state index contributed by atoms with van der Waals surface area (Å²) in [6.45, 7) is 1.03. The molecule has 1 aromatic carbocycles. The molecule has 2 atom stereocenters. The highest BCUT2D eigenvalue weighted by Gasteiger charge is 2.38. The predicted molar refractivity (Wildman–Crippen MR) is 76.9 cm³/mol. The van der Waals surface area contributed by atoms with E-state index in [1.807, 2.05) is 24.3 Å². The number of nitrogens with zero attached hydrogens (tertiary/aromatic N) is 1. The van der Waals surface area contributed by atoms with Gasteiger partial charge in [0.1, 0.15) is 5.41 Å². The summed E-state index contributed by atoms with van der Waals surface area (Å²) in [7, 11) is 0. The maximum absolute atomic E-state index is 11.5. The number of aliphatic carboxylic acids is 1. The first-order valence-corrected chi connectivity index (χ1v) is 7.48. The quantitative estimate of drug-likeness (QED) is 0.923. The summed E-state index contributed by atoms with van der Waals surface area (Å²) in [5.74, 6) is -0.898. The molecule has 0 amide bonds. The minimum absolute atomic E-state index is 0.257. The first kappa shape index (κ1) is 14.1. The van der Waals surface area contributed by atoms with Crippen molar-refractivity contribution in [1.82, 2.24) is 0 Å². The van der Waals surface area contributed by atoms with Gasteiger partial charge in [-0.1, -0.05) is 30.7 Å². The molecule has 0 bridgehead atoms. The average molecular weight is 285 g/mol. The largest absolute Gasteiger partial charge is 0.481 e. The fourth-order valence-corrected chi connectivity index (χ4v) is 3.34. The van der Waals surface area contributed by atoms with Gasteiger partial charge in [-0.15, -0.1) is 0 Å². The van der Waals surface area contributed by atoms with E-state index < -0.39 is 17.3 Å². The lowest BCUT2D eigenvalue weighted by Crippen LogP contribution is -2.27. The number of benzene rings is 1. The Morgan fingerprint density at radius 3 is 2.52 bits per heavy atom. The van der Waals surface area contributed by atoms with Gasteiger partial charge in [0.15, 0.2) is 0 Å². The highest BCUT2D eigenvalue weighted by Crippen LogP contribution is 2.40. The molecule has 2 unspecified atom stereocenters. The molecule has 2 fully saturated rings. The van der Waals surface area contributed by atoms with Crippen LogP contribution in [0.25, 0.3) is 0 Å². The second kappa shape index (κ2) is 5.50. The van der Waals surface area contributed by atoms with E-state index in [-0.39, 0.29) is 5.92 Å². The minimum atomic E-state index is -0.744. The zero-order valence-electron chi connectivity index (χ0n) is 11.9. The van der Waals surface area contributed by atoms with Crippen LogP contribution >= 0.6 is 0 Å². The second-order valence-electron chi connectivity index (χ2n) is 6.13. The van der Waals surface area contributed by atoms with E-state index in [2.05, 4.69) is 6.07 Å². The summed E-state index contributed by atoms with van der Waals surface area (Å²) in [6, 6.07) is 9.94. The van der Waals surface area contributed by atoms with Crippen molar-refractivity contribution in [2.45, 2.75) is 37.0 Å². The van der Waals surface area contributed by atoms with Crippen molar-refractivity contribution >= 4 is 5.97 Å². The van der Waals surface area contributed by atoms with Gasteiger partial charge in [-0.3, -0.25) is 4.79 Å². The van der Waals surface area contributed by atoms with E-state index in [0.29, 0.717) is 19.6 Å². The van der Waals surface area contributed by atoms with E-state index in [9.17, 15) is 15.2 Å². The van der Waals surface area contributed by atoms with Crippen molar-refractivity contribution in [2.24, 2.45) is 5.92 Å². The monoisotopic (exact) mass is 285 g/mol. The van der Waals surface area contributed by atoms with E-state index in [1.165, 1.54) is 0 Å². The lowest BCUT2D eigenvalue weighted by molar-refractivity contribution is -0.141. The molecular formula is C17H19NO3. The molecule has 21 heavy (non-hydrogen) atoms. The van der Waals surface area contributed by atoms with Crippen LogP contribution in [0.4, 0.5) is 0 Å². The number of hydrogen-bond acceptors (Lipinski definition) is 3. The molecule has 4 nitrogen and oxygen atoms in total. The fraction of sp³-hybridized carbons (Fsp3) is 0.529. The Labute approximate surface area is 124 Å². The number of rotatable bonds is 4. The third kappa shape index (κ3) is 2.43. The Morgan fingerprint density at radius 1 is 1.38 bits per heavy atom. The van der Waals surface area contributed by atoms with Crippen LogP contribution in [0.15, 0.2) is 24.3 Å². The molecule has 1 aliphatic heterocycles. The predicted octanol–water partition coefficient (Wildman–Crippen LogP) is 2.84. The highest BCUT2D eigenvalue weighted by atomic mass is 16.5. The highest BCUT2D eigenvalue weighted by molar-refractivity contribution is 5.76. The van der Waals surface area contributed by atoms with Gasteiger partial charge in [0.05, 0.1) is 18.6 Å². The topological polar surface area (TPSA) is 70.3 Å². The van der Waals surface area contributed by atoms with Gasteiger partial charge in [0.25, 0.3) is 0 Å². The van der Waals surface area contributed by atoms with Crippen molar-refractivity contribution in [3.05, 3.63) is 35.4 Å². The van der Waals surface area contributed by atoms with Crippen molar-refractivity contribution < 1.29 is 14.6 Å². The van der Waals surface area contributed by atoms with Crippen LogP contribution in [0, 0.1) is 17.2 Å². The van der Waals surface area contributed by atoms with E-state index in [1.54, 1.807) is 0 Å². The summed E-state index contributed by atoms with van der Waals surface area (Å²) in [5.41, 5.74) is 1.22. The molecule has 1 N–H and O–H groups in total. The number of nitriles is 1. The average Bonchev–Trinajstić information content (AvgIpc) is 2.92. The second-order valence-corrected chi connectivity index (χ2v) is 6.13. The van der Waals surface area contributed by atoms with Gasteiger partial charge in [-0.05, 0) is 36.3 Å². The summed E-state index contributed by atoms with van der Waals surface area (Å²) in [4.78, 5) is 11.5. The van der Waals surface area contributed by atoms with Gasteiger partial charge in [-0.2, -0.15) is 5.26 Å². The number of carboxylic acids is 1. The SMILES string of the molecule is N#CC1(c2ccc(C(C(=O)O)C3CCC3)cc2)CCOC1. The van der Waals surface area contributed by atoms with Crippen molar-refractivity contribution in [3.63, 3.8) is 0 Å². The third-order valence-electron chi connectivity index (χ3n) is 4.95. The lowest BCUT2D eigenvalue weighted by Gasteiger charge is -2.31. The van der Waals surface area contributed by atoms with Crippen molar-refractivity contribution in [1.29, 1.82) is 5.26 Å². The molecule has 0 spiro atoms. The molecule has 1 saturated carbocycles. The third-order valence-corrected chi connectivity index (χ3v) is 4.95. The molecule has 3 rings (SSSR count). The van der Waals surface area contributed by atoms with Crippen LogP contribution in [0.5, 0.6) is 0 Å². The van der Waals surface area contributed by atoms with Gasteiger partial charge in [0, 0.05) is 6.61 Å². The lowest BCUT2D eigenvalue weighted by atomic mass is 9.72. The molecular weight excluding hydrogens is 266 g/mol. The molecule has 1 aromatic rings. The fourth-order valence-electron chi connectivity index (χ4n) is 3.34. The van der Waals surface area contributed by atoms with E-state index >= 15 is 0 Å². The van der Waals surface area contributed by atoms with Gasteiger partial charge in [0.2, 0.25) is 0 Å². The Morgan fingerprint density at radius 2 is 2.10 bits per heavy atom. The van der Waals surface area contributed by atoms with Crippen LogP contribution in [-0.4, -0.2) is 24.3 Å². The maximum atomic E-state index is 11.5. The first-order chi connectivity index (χ1) is 10.2. The Kier molecular flexibility index (Phi) is 3.69. The number of ether oxygens (including phenoxy) is 1. The van der Waals surface area contributed by atoms with Gasteiger partial charge >= 0.3 is 5.97 Å². The smallest absolute Gasteiger partial charge is 0.311 e. The zero-order valence-corrected chi connectivity index (χ0v) is 11.9. The summed E-state index contributed by atoms with van der Waals surface area (Å²) < 4.78 is 5.37. The molecule has 110 valence electrons. The maximum Gasteiger partial charge on any atom is 0.311 e. The number of carbonyl (C=O) groups is 1.